The molecule has 3 nitrogen and oxygen atoms in total. The zero-order valence-electron chi connectivity index (χ0n) is 9.01. The summed E-state index contributed by atoms with van der Waals surface area (Å²) in [5.74, 6) is 2.42. The molecule has 0 spiro atoms. The van der Waals surface area contributed by atoms with Gasteiger partial charge in [-0.1, -0.05) is 13.8 Å². The van der Waals surface area contributed by atoms with Crippen molar-refractivity contribution in [2.24, 2.45) is 5.92 Å². The first-order chi connectivity index (χ1) is 6.75. The van der Waals surface area contributed by atoms with E-state index in [1.165, 1.54) is 18.7 Å². The quantitative estimate of drug-likeness (QED) is 0.767. The molecule has 0 amide bonds. The molecule has 1 aliphatic rings. The van der Waals surface area contributed by atoms with E-state index in [0.29, 0.717) is 5.92 Å². The maximum atomic E-state index is 4.38. The lowest BCUT2D eigenvalue weighted by molar-refractivity contribution is 0.572. The van der Waals surface area contributed by atoms with Crippen LogP contribution in [-0.2, 0) is 6.42 Å². The molecule has 0 bridgehead atoms. The Morgan fingerprint density at radius 2 is 2.43 bits per heavy atom. The summed E-state index contributed by atoms with van der Waals surface area (Å²) in [6.07, 6.45) is 4.44. The first-order valence-corrected chi connectivity index (χ1v) is 5.50. The molecule has 1 aliphatic heterocycles. The van der Waals surface area contributed by atoms with Crippen LogP contribution in [0.25, 0.3) is 0 Å². The second-order valence-electron chi connectivity index (χ2n) is 4.51. The fraction of sp³-hybridized carbons (Fsp3) is 0.727. The summed E-state index contributed by atoms with van der Waals surface area (Å²) in [4.78, 5) is 7.78. The van der Waals surface area contributed by atoms with Gasteiger partial charge in [0.25, 0.3) is 0 Å². The zero-order chi connectivity index (χ0) is 9.97. The van der Waals surface area contributed by atoms with Gasteiger partial charge in [-0.25, -0.2) is 4.98 Å². The van der Waals surface area contributed by atoms with Crippen LogP contribution in [0.5, 0.6) is 0 Å². The van der Waals surface area contributed by atoms with Crippen molar-refractivity contribution in [3.05, 3.63) is 17.7 Å². The van der Waals surface area contributed by atoms with Gasteiger partial charge in [-0.3, -0.25) is 0 Å². The van der Waals surface area contributed by atoms with Crippen LogP contribution >= 0.6 is 0 Å². The SMILES string of the molecule is CC(C)c1ncc(CC2CCNC2)[nH]1. The summed E-state index contributed by atoms with van der Waals surface area (Å²) in [6, 6.07) is 0. The fourth-order valence-corrected chi connectivity index (χ4v) is 1.97. The summed E-state index contributed by atoms with van der Waals surface area (Å²) < 4.78 is 0. The molecule has 1 aromatic rings. The van der Waals surface area contributed by atoms with Crippen LogP contribution in [0.3, 0.4) is 0 Å². The van der Waals surface area contributed by atoms with Gasteiger partial charge in [0.05, 0.1) is 0 Å². The molecule has 2 rings (SSSR count). The molecule has 2 heterocycles. The van der Waals surface area contributed by atoms with Crippen LogP contribution < -0.4 is 5.32 Å². The number of rotatable bonds is 3. The predicted molar refractivity (Wildman–Crippen MR) is 57.4 cm³/mol. The number of aromatic amines is 1. The van der Waals surface area contributed by atoms with E-state index in [-0.39, 0.29) is 0 Å². The highest BCUT2D eigenvalue weighted by atomic mass is 14.9. The van der Waals surface area contributed by atoms with Crippen LogP contribution in [0.4, 0.5) is 0 Å². The van der Waals surface area contributed by atoms with Crippen LogP contribution in [0.1, 0.15) is 37.7 Å². The molecular formula is C11H19N3. The van der Waals surface area contributed by atoms with Crippen LogP contribution in [0.15, 0.2) is 6.20 Å². The van der Waals surface area contributed by atoms with Crippen LogP contribution in [0.2, 0.25) is 0 Å². The minimum Gasteiger partial charge on any atom is -0.346 e. The summed E-state index contributed by atoms with van der Waals surface area (Å²) in [7, 11) is 0. The zero-order valence-corrected chi connectivity index (χ0v) is 9.01. The van der Waals surface area contributed by atoms with E-state index >= 15 is 0 Å². The molecule has 1 fully saturated rings. The largest absolute Gasteiger partial charge is 0.346 e. The topological polar surface area (TPSA) is 40.7 Å². The molecule has 14 heavy (non-hydrogen) atoms. The van der Waals surface area contributed by atoms with Crippen molar-refractivity contribution in [1.29, 1.82) is 0 Å². The van der Waals surface area contributed by atoms with Crippen LogP contribution in [-0.4, -0.2) is 23.1 Å². The first kappa shape index (κ1) is 9.71. The molecule has 2 N–H and O–H groups in total. The van der Waals surface area contributed by atoms with Crippen molar-refractivity contribution >= 4 is 0 Å². The number of imidazole rings is 1. The molecule has 1 aromatic heterocycles. The van der Waals surface area contributed by atoms with Gasteiger partial charge in [0, 0.05) is 17.8 Å². The Kier molecular flexibility index (Phi) is 2.87. The lowest BCUT2D eigenvalue weighted by Crippen LogP contribution is -2.10. The smallest absolute Gasteiger partial charge is 0.108 e. The highest BCUT2D eigenvalue weighted by Gasteiger charge is 2.16. The molecule has 0 aromatic carbocycles. The average molecular weight is 193 g/mol. The second-order valence-corrected chi connectivity index (χ2v) is 4.51. The normalized spacial score (nSPS) is 22.1. The molecule has 0 aliphatic carbocycles. The summed E-state index contributed by atoms with van der Waals surface area (Å²) in [5.41, 5.74) is 1.29. The van der Waals surface area contributed by atoms with Gasteiger partial charge in [-0.15, -0.1) is 0 Å². The first-order valence-electron chi connectivity index (χ1n) is 5.50. The second kappa shape index (κ2) is 4.13. The van der Waals surface area contributed by atoms with Crippen LogP contribution in [0, 0.1) is 5.92 Å². The van der Waals surface area contributed by atoms with Gasteiger partial charge in [-0.05, 0) is 31.8 Å². The Labute approximate surface area is 85.3 Å². The number of hydrogen-bond donors (Lipinski definition) is 2. The fourth-order valence-electron chi connectivity index (χ4n) is 1.97. The van der Waals surface area contributed by atoms with Gasteiger partial charge >= 0.3 is 0 Å². The van der Waals surface area contributed by atoms with E-state index in [9.17, 15) is 0 Å². The van der Waals surface area contributed by atoms with E-state index in [0.717, 1.165) is 24.7 Å². The molecule has 1 unspecified atom stereocenters. The molecular weight excluding hydrogens is 174 g/mol. The third-order valence-corrected chi connectivity index (χ3v) is 2.87. The van der Waals surface area contributed by atoms with E-state index in [1.807, 2.05) is 6.20 Å². The number of aromatic nitrogens is 2. The van der Waals surface area contributed by atoms with Gasteiger partial charge in [-0.2, -0.15) is 0 Å². The monoisotopic (exact) mass is 193 g/mol. The van der Waals surface area contributed by atoms with E-state index < -0.39 is 0 Å². The lowest BCUT2D eigenvalue weighted by atomic mass is 10.0. The number of H-pyrrole nitrogens is 1. The molecule has 78 valence electrons. The third-order valence-electron chi connectivity index (χ3n) is 2.87. The Morgan fingerprint density at radius 3 is 3.00 bits per heavy atom. The Balaban J connectivity index is 1.95. The summed E-state index contributed by atoms with van der Waals surface area (Å²) in [6.45, 7) is 6.67. The Morgan fingerprint density at radius 1 is 1.57 bits per heavy atom. The summed E-state index contributed by atoms with van der Waals surface area (Å²) in [5, 5.41) is 3.39. The number of nitrogens with zero attached hydrogens (tertiary/aromatic N) is 1. The van der Waals surface area contributed by atoms with Crippen molar-refractivity contribution in [3.63, 3.8) is 0 Å². The maximum absolute atomic E-state index is 4.38. The maximum Gasteiger partial charge on any atom is 0.108 e. The van der Waals surface area contributed by atoms with Crippen molar-refractivity contribution in [3.8, 4) is 0 Å². The minimum atomic E-state index is 0.505. The molecule has 1 atom stereocenters. The number of hydrogen-bond acceptors (Lipinski definition) is 2. The van der Waals surface area contributed by atoms with Gasteiger partial charge < -0.3 is 10.3 Å². The van der Waals surface area contributed by atoms with E-state index in [1.54, 1.807) is 0 Å². The Bertz CT molecular complexity index is 284. The van der Waals surface area contributed by atoms with Gasteiger partial charge in [0.15, 0.2) is 0 Å². The van der Waals surface area contributed by atoms with Crippen molar-refractivity contribution in [1.82, 2.24) is 15.3 Å². The Hall–Kier alpha value is -0.830. The highest BCUT2D eigenvalue weighted by molar-refractivity contribution is 5.05. The molecule has 0 saturated carbocycles. The van der Waals surface area contributed by atoms with Gasteiger partial charge in [0.1, 0.15) is 5.82 Å². The predicted octanol–water partition coefficient (Wildman–Crippen LogP) is 1.69. The number of nitrogens with one attached hydrogen (secondary N) is 2. The average Bonchev–Trinajstić information content (AvgIpc) is 2.75. The van der Waals surface area contributed by atoms with Gasteiger partial charge in [0.2, 0.25) is 0 Å². The third kappa shape index (κ3) is 2.15. The molecule has 0 radical (unpaired) electrons. The molecule has 1 saturated heterocycles. The van der Waals surface area contributed by atoms with Crippen molar-refractivity contribution in [2.45, 2.75) is 32.6 Å². The van der Waals surface area contributed by atoms with E-state index in [2.05, 4.69) is 29.1 Å². The van der Waals surface area contributed by atoms with Crippen molar-refractivity contribution in [2.75, 3.05) is 13.1 Å². The highest BCUT2D eigenvalue weighted by Crippen LogP contribution is 2.16. The summed E-state index contributed by atoms with van der Waals surface area (Å²) >= 11 is 0. The van der Waals surface area contributed by atoms with Crippen molar-refractivity contribution < 1.29 is 0 Å². The van der Waals surface area contributed by atoms with E-state index in [4.69, 9.17) is 0 Å². The molecule has 3 heteroatoms. The lowest BCUT2D eigenvalue weighted by Gasteiger charge is -2.05. The minimum absolute atomic E-state index is 0.505. The standard InChI is InChI=1S/C11H19N3/c1-8(2)11-13-7-10(14-11)5-9-3-4-12-6-9/h7-9,12H,3-6H2,1-2H3,(H,13,14).